The number of halogens is 2. The Hall–Kier alpha value is -2.85. The van der Waals surface area contributed by atoms with Crippen LogP contribution in [0.1, 0.15) is 15.5 Å². The zero-order valence-electron chi connectivity index (χ0n) is 19.8. The number of ether oxygens (including phenoxy) is 1. The fourth-order valence-electron chi connectivity index (χ4n) is 3.89. The molecule has 11 heteroatoms. The number of methoxy groups -OCH3 is 1. The molecular formula is C25H27Cl2N5O3S. The summed E-state index contributed by atoms with van der Waals surface area (Å²) in [5, 5.41) is 6.51. The number of benzene rings is 2. The van der Waals surface area contributed by atoms with Crippen molar-refractivity contribution in [2.75, 3.05) is 56.7 Å². The predicted molar refractivity (Wildman–Crippen MR) is 144 cm³/mol. The van der Waals surface area contributed by atoms with Gasteiger partial charge in [0.15, 0.2) is 0 Å². The predicted octanol–water partition coefficient (Wildman–Crippen LogP) is 5.09. The second kappa shape index (κ2) is 12.4. The molecular weight excluding hydrogens is 521 g/mol. The molecule has 3 amide bonds. The van der Waals surface area contributed by atoms with Crippen molar-refractivity contribution in [3.63, 3.8) is 0 Å². The van der Waals surface area contributed by atoms with Crippen molar-refractivity contribution >= 4 is 57.9 Å². The molecule has 1 saturated heterocycles. The van der Waals surface area contributed by atoms with Gasteiger partial charge in [0.1, 0.15) is 10.7 Å². The summed E-state index contributed by atoms with van der Waals surface area (Å²) in [7, 11) is 1.58. The maximum absolute atomic E-state index is 13.1. The van der Waals surface area contributed by atoms with E-state index in [-0.39, 0.29) is 18.5 Å². The van der Waals surface area contributed by atoms with Gasteiger partial charge < -0.3 is 24.8 Å². The number of nitrogens with zero attached hydrogens (tertiary/aromatic N) is 4. The van der Waals surface area contributed by atoms with Crippen LogP contribution >= 0.6 is 34.5 Å². The lowest BCUT2D eigenvalue weighted by Gasteiger charge is -2.36. The highest BCUT2D eigenvalue weighted by molar-refractivity contribution is 7.09. The molecule has 0 unspecified atom stereocenters. The summed E-state index contributed by atoms with van der Waals surface area (Å²) >= 11 is 13.7. The van der Waals surface area contributed by atoms with E-state index in [1.165, 1.54) is 11.3 Å². The molecule has 3 aromatic rings. The Kier molecular flexibility index (Phi) is 9.03. The average Bonchev–Trinajstić information content (AvgIpc) is 3.35. The number of para-hydroxylation sites is 1. The molecule has 0 aliphatic carbocycles. The van der Waals surface area contributed by atoms with Crippen LogP contribution in [0.4, 0.5) is 16.2 Å². The number of aromatic nitrogens is 1. The van der Waals surface area contributed by atoms with Crippen LogP contribution in [0.3, 0.4) is 0 Å². The number of urea groups is 1. The van der Waals surface area contributed by atoms with Gasteiger partial charge in [0, 0.05) is 55.9 Å². The van der Waals surface area contributed by atoms with Gasteiger partial charge in [0.25, 0.3) is 5.91 Å². The Balaban J connectivity index is 1.36. The largest absolute Gasteiger partial charge is 0.383 e. The van der Waals surface area contributed by atoms with E-state index in [2.05, 4.69) is 15.2 Å². The Morgan fingerprint density at radius 3 is 2.61 bits per heavy atom. The topological polar surface area (TPSA) is 78.0 Å². The van der Waals surface area contributed by atoms with Crippen LogP contribution in [0.5, 0.6) is 0 Å². The Bertz CT molecular complexity index is 1200. The number of amides is 3. The van der Waals surface area contributed by atoms with E-state index in [9.17, 15) is 9.59 Å². The van der Waals surface area contributed by atoms with Gasteiger partial charge in [-0.05, 0) is 30.3 Å². The lowest BCUT2D eigenvalue weighted by atomic mass is 10.2. The van der Waals surface area contributed by atoms with Crippen LogP contribution < -0.4 is 10.2 Å². The summed E-state index contributed by atoms with van der Waals surface area (Å²) in [5.74, 6) is -0.108. The van der Waals surface area contributed by atoms with Crippen molar-refractivity contribution in [2.24, 2.45) is 0 Å². The summed E-state index contributed by atoms with van der Waals surface area (Å²) in [5.41, 5.74) is 1.97. The number of hydrogen-bond donors (Lipinski definition) is 1. The molecule has 1 aromatic heterocycles. The summed E-state index contributed by atoms with van der Waals surface area (Å²) in [4.78, 5) is 36.1. The third-order valence-electron chi connectivity index (χ3n) is 5.79. The standard InChI is InChI=1S/C25H27Cl2N5O3S/c1-35-14-13-32(25(34)28-19-6-4-5-18(26)15-19)16-23-29-21(17-36-23)24(33)31-11-9-30(10-12-31)22-8-3-2-7-20(22)27/h2-8,15,17H,9-14,16H2,1H3,(H,28,34). The van der Waals surface area contributed by atoms with Gasteiger partial charge in [0.2, 0.25) is 0 Å². The number of hydrogen-bond acceptors (Lipinski definition) is 6. The van der Waals surface area contributed by atoms with Crippen molar-refractivity contribution in [1.82, 2.24) is 14.8 Å². The highest BCUT2D eigenvalue weighted by Gasteiger charge is 2.25. The highest BCUT2D eigenvalue weighted by Crippen LogP contribution is 2.26. The molecule has 0 radical (unpaired) electrons. The second-order valence-electron chi connectivity index (χ2n) is 8.21. The molecule has 1 aliphatic rings. The van der Waals surface area contributed by atoms with Crippen molar-refractivity contribution < 1.29 is 14.3 Å². The van der Waals surface area contributed by atoms with Crippen molar-refractivity contribution in [3.8, 4) is 0 Å². The van der Waals surface area contributed by atoms with E-state index in [0.717, 1.165) is 5.69 Å². The molecule has 0 saturated carbocycles. The van der Waals surface area contributed by atoms with Crippen molar-refractivity contribution in [2.45, 2.75) is 6.54 Å². The lowest BCUT2D eigenvalue weighted by Crippen LogP contribution is -2.49. The first kappa shape index (κ1) is 26.2. The van der Waals surface area contributed by atoms with E-state index in [1.807, 2.05) is 24.3 Å². The van der Waals surface area contributed by atoms with Crippen LogP contribution in [0.15, 0.2) is 53.9 Å². The summed E-state index contributed by atoms with van der Waals surface area (Å²) in [6.07, 6.45) is 0. The van der Waals surface area contributed by atoms with Gasteiger partial charge in [-0.3, -0.25) is 4.79 Å². The number of rotatable bonds is 8. The first-order valence-electron chi connectivity index (χ1n) is 11.5. The minimum Gasteiger partial charge on any atom is -0.383 e. The second-order valence-corrected chi connectivity index (χ2v) is 10.00. The van der Waals surface area contributed by atoms with Gasteiger partial charge in [-0.25, -0.2) is 9.78 Å². The summed E-state index contributed by atoms with van der Waals surface area (Å²) in [6, 6.07) is 14.4. The number of piperazine rings is 1. The maximum Gasteiger partial charge on any atom is 0.322 e. The number of anilines is 2. The summed E-state index contributed by atoms with van der Waals surface area (Å²) < 4.78 is 5.17. The quantitative estimate of drug-likeness (QED) is 0.424. The first-order valence-corrected chi connectivity index (χ1v) is 13.1. The fraction of sp³-hybridized carbons (Fsp3) is 0.320. The van der Waals surface area contributed by atoms with E-state index in [1.54, 1.807) is 46.6 Å². The number of thiazole rings is 1. The zero-order chi connectivity index (χ0) is 25.5. The third-order valence-corrected chi connectivity index (χ3v) is 7.17. The number of carbonyl (C=O) groups excluding carboxylic acids is 2. The molecule has 36 heavy (non-hydrogen) atoms. The maximum atomic E-state index is 13.1. The minimum atomic E-state index is -0.298. The van der Waals surface area contributed by atoms with E-state index in [4.69, 9.17) is 27.9 Å². The normalized spacial score (nSPS) is 13.5. The molecule has 1 aliphatic heterocycles. The first-order chi connectivity index (χ1) is 17.4. The molecule has 0 bridgehead atoms. The van der Waals surface area contributed by atoms with Gasteiger partial charge >= 0.3 is 6.03 Å². The Morgan fingerprint density at radius 2 is 1.89 bits per heavy atom. The Morgan fingerprint density at radius 1 is 1.11 bits per heavy atom. The lowest BCUT2D eigenvalue weighted by molar-refractivity contribution is 0.0741. The molecule has 190 valence electrons. The van der Waals surface area contributed by atoms with Gasteiger partial charge in [0.05, 0.1) is 23.9 Å². The number of carbonyl (C=O) groups is 2. The summed E-state index contributed by atoms with van der Waals surface area (Å²) in [6.45, 7) is 3.55. The van der Waals surface area contributed by atoms with Gasteiger partial charge in [-0.2, -0.15) is 0 Å². The highest BCUT2D eigenvalue weighted by atomic mass is 35.5. The number of nitrogens with one attached hydrogen (secondary N) is 1. The van der Waals surface area contributed by atoms with Crippen molar-refractivity contribution in [3.05, 3.63) is 74.7 Å². The fourth-order valence-corrected chi connectivity index (χ4v) is 5.12. The van der Waals surface area contributed by atoms with Gasteiger partial charge in [-0.1, -0.05) is 41.4 Å². The molecule has 8 nitrogen and oxygen atoms in total. The van der Waals surface area contributed by atoms with Crippen molar-refractivity contribution in [1.29, 1.82) is 0 Å². The molecule has 1 N–H and O–H groups in total. The SMILES string of the molecule is COCCN(Cc1nc(C(=O)N2CCN(c3ccccc3Cl)CC2)cs1)C(=O)Nc1cccc(Cl)c1. The molecule has 0 atom stereocenters. The monoisotopic (exact) mass is 547 g/mol. The average molecular weight is 548 g/mol. The van der Waals surface area contributed by atoms with Crippen LogP contribution in [-0.4, -0.2) is 73.2 Å². The molecule has 1 fully saturated rings. The van der Waals surface area contributed by atoms with Crippen LogP contribution in [0.2, 0.25) is 10.0 Å². The van der Waals surface area contributed by atoms with Gasteiger partial charge in [-0.15, -0.1) is 11.3 Å². The van der Waals surface area contributed by atoms with Crippen LogP contribution in [0.25, 0.3) is 0 Å². The van der Waals surface area contributed by atoms with E-state index >= 15 is 0 Å². The smallest absolute Gasteiger partial charge is 0.322 e. The molecule has 0 spiro atoms. The third kappa shape index (κ3) is 6.67. The molecule has 2 heterocycles. The van der Waals surface area contributed by atoms with E-state index < -0.39 is 0 Å². The molecule has 4 rings (SSSR count). The minimum absolute atomic E-state index is 0.108. The van der Waals surface area contributed by atoms with Crippen LogP contribution in [0, 0.1) is 0 Å². The van der Waals surface area contributed by atoms with E-state index in [0.29, 0.717) is 65.8 Å². The Labute approximate surface area is 224 Å². The molecule has 2 aromatic carbocycles. The van der Waals surface area contributed by atoms with Crippen LogP contribution in [-0.2, 0) is 11.3 Å². The zero-order valence-corrected chi connectivity index (χ0v) is 22.2.